The van der Waals surface area contributed by atoms with Gasteiger partial charge in [0.2, 0.25) is 10.1 Å². The SMILES string of the molecule is Nc1nnc(C(=O)NC2CCS(=O)(=O)CC2)s1. The van der Waals surface area contributed by atoms with Crippen molar-refractivity contribution in [2.75, 3.05) is 17.2 Å². The number of anilines is 1. The Bertz CT molecular complexity index is 511. The molecule has 1 aromatic heterocycles. The zero-order valence-corrected chi connectivity index (χ0v) is 10.6. The molecule has 0 saturated carbocycles. The van der Waals surface area contributed by atoms with Gasteiger partial charge in [0.15, 0.2) is 0 Å². The predicted molar refractivity (Wildman–Crippen MR) is 63.5 cm³/mol. The van der Waals surface area contributed by atoms with Gasteiger partial charge in [0.05, 0.1) is 11.5 Å². The first kappa shape index (κ1) is 12.2. The molecule has 3 N–H and O–H groups in total. The molecule has 0 unspecified atom stereocenters. The quantitative estimate of drug-likeness (QED) is 0.747. The maximum absolute atomic E-state index is 11.7. The third-order valence-corrected chi connectivity index (χ3v) is 4.99. The number of nitrogens with one attached hydrogen (secondary N) is 1. The van der Waals surface area contributed by atoms with Crippen molar-refractivity contribution >= 4 is 32.2 Å². The average molecular weight is 276 g/mol. The Balaban J connectivity index is 1.92. The summed E-state index contributed by atoms with van der Waals surface area (Å²) in [5.74, 6) is -0.102. The van der Waals surface area contributed by atoms with Crippen LogP contribution in [0.3, 0.4) is 0 Å². The van der Waals surface area contributed by atoms with E-state index in [1.807, 2.05) is 0 Å². The molecule has 0 aromatic carbocycles. The van der Waals surface area contributed by atoms with Crippen molar-refractivity contribution in [2.45, 2.75) is 18.9 Å². The van der Waals surface area contributed by atoms with Crippen LogP contribution in [0.1, 0.15) is 22.6 Å². The summed E-state index contributed by atoms with van der Waals surface area (Å²) < 4.78 is 22.4. The molecule has 1 aliphatic rings. The van der Waals surface area contributed by atoms with Crippen molar-refractivity contribution in [2.24, 2.45) is 0 Å². The van der Waals surface area contributed by atoms with Gasteiger partial charge < -0.3 is 11.1 Å². The Kier molecular flexibility index (Phi) is 3.29. The van der Waals surface area contributed by atoms with Crippen molar-refractivity contribution in [3.05, 3.63) is 5.01 Å². The van der Waals surface area contributed by atoms with Gasteiger partial charge in [-0.3, -0.25) is 4.79 Å². The third kappa shape index (κ3) is 3.13. The van der Waals surface area contributed by atoms with Crippen molar-refractivity contribution in [3.63, 3.8) is 0 Å². The Hall–Kier alpha value is -1.22. The molecule has 17 heavy (non-hydrogen) atoms. The molecule has 0 spiro atoms. The molecular formula is C8H12N4O3S2. The highest BCUT2D eigenvalue weighted by Gasteiger charge is 2.25. The van der Waals surface area contributed by atoms with Gasteiger partial charge >= 0.3 is 0 Å². The first-order valence-electron chi connectivity index (χ1n) is 5.06. The van der Waals surface area contributed by atoms with Crippen molar-refractivity contribution in [1.82, 2.24) is 15.5 Å². The van der Waals surface area contributed by atoms with E-state index in [-0.39, 0.29) is 33.6 Å². The Morgan fingerprint density at radius 2 is 2.00 bits per heavy atom. The molecular weight excluding hydrogens is 264 g/mol. The molecule has 1 saturated heterocycles. The van der Waals surface area contributed by atoms with Crippen LogP contribution in [0.4, 0.5) is 5.13 Å². The van der Waals surface area contributed by atoms with E-state index in [1.54, 1.807) is 0 Å². The summed E-state index contributed by atoms with van der Waals surface area (Å²) in [6.45, 7) is 0. The number of rotatable bonds is 2. The Labute approximate surface area is 102 Å². The highest BCUT2D eigenvalue weighted by atomic mass is 32.2. The number of hydrogen-bond acceptors (Lipinski definition) is 7. The van der Waals surface area contributed by atoms with Crippen LogP contribution >= 0.6 is 11.3 Å². The van der Waals surface area contributed by atoms with Gasteiger partial charge in [0, 0.05) is 6.04 Å². The van der Waals surface area contributed by atoms with Crippen molar-refractivity contribution in [1.29, 1.82) is 0 Å². The number of nitrogen functional groups attached to an aromatic ring is 1. The second-order valence-corrected chi connectivity index (χ2v) is 7.16. The van der Waals surface area contributed by atoms with Crippen LogP contribution in [0, 0.1) is 0 Å². The van der Waals surface area contributed by atoms with Gasteiger partial charge in [-0.2, -0.15) is 0 Å². The van der Waals surface area contributed by atoms with Gasteiger partial charge in [-0.05, 0) is 12.8 Å². The molecule has 94 valence electrons. The Morgan fingerprint density at radius 1 is 1.35 bits per heavy atom. The summed E-state index contributed by atoms with van der Waals surface area (Å²) in [4.78, 5) is 11.7. The number of carbonyl (C=O) groups is 1. The molecule has 1 aliphatic heterocycles. The van der Waals surface area contributed by atoms with Gasteiger partial charge in [-0.15, -0.1) is 10.2 Å². The first-order chi connectivity index (χ1) is 7.96. The molecule has 0 radical (unpaired) electrons. The summed E-state index contributed by atoms with van der Waals surface area (Å²) in [5, 5.41) is 10.3. The third-order valence-electron chi connectivity index (χ3n) is 2.52. The van der Waals surface area contributed by atoms with E-state index in [9.17, 15) is 13.2 Å². The highest BCUT2D eigenvalue weighted by molar-refractivity contribution is 7.91. The van der Waals surface area contributed by atoms with Crippen LogP contribution in [0.15, 0.2) is 0 Å². The van der Waals surface area contributed by atoms with Crippen LogP contribution < -0.4 is 11.1 Å². The van der Waals surface area contributed by atoms with Crippen molar-refractivity contribution in [3.8, 4) is 0 Å². The molecule has 0 atom stereocenters. The lowest BCUT2D eigenvalue weighted by Gasteiger charge is -2.22. The molecule has 1 amide bonds. The van der Waals surface area contributed by atoms with Gasteiger partial charge in [0.25, 0.3) is 5.91 Å². The van der Waals surface area contributed by atoms with Gasteiger partial charge in [-0.25, -0.2) is 8.42 Å². The number of nitrogens with two attached hydrogens (primary N) is 1. The first-order valence-corrected chi connectivity index (χ1v) is 7.70. The van der Waals surface area contributed by atoms with Crippen LogP contribution in [0.25, 0.3) is 0 Å². The van der Waals surface area contributed by atoms with E-state index in [4.69, 9.17) is 5.73 Å². The smallest absolute Gasteiger partial charge is 0.282 e. The molecule has 1 aromatic rings. The van der Waals surface area contributed by atoms with Crippen LogP contribution in [0.5, 0.6) is 0 Å². The minimum Gasteiger partial charge on any atom is -0.374 e. The summed E-state index contributed by atoms with van der Waals surface area (Å²) >= 11 is 1.01. The monoisotopic (exact) mass is 276 g/mol. The summed E-state index contributed by atoms with van der Waals surface area (Å²) in [6, 6.07) is -0.115. The largest absolute Gasteiger partial charge is 0.374 e. The van der Waals surface area contributed by atoms with E-state index >= 15 is 0 Å². The zero-order valence-electron chi connectivity index (χ0n) is 8.92. The number of hydrogen-bond donors (Lipinski definition) is 2. The molecule has 2 heterocycles. The normalized spacial score (nSPS) is 20.0. The highest BCUT2D eigenvalue weighted by Crippen LogP contribution is 2.15. The second kappa shape index (κ2) is 4.57. The molecule has 0 bridgehead atoms. The van der Waals surface area contributed by atoms with E-state index < -0.39 is 9.84 Å². The Morgan fingerprint density at radius 3 is 2.53 bits per heavy atom. The summed E-state index contributed by atoms with van der Waals surface area (Å²) in [7, 11) is -2.91. The number of carbonyl (C=O) groups excluding carboxylic acids is 1. The molecule has 2 rings (SSSR count). The van der Waals surface area contributed by atoms with E-state index in [2.05, 4.69) is 15.5 Å². The fraction of sp³-hybridized carbons (Fsp3) is 0.625. The fourth-order valence-corrected chi connectivity index (χ4v) is 3.61. The zero-order chi connectivity index (χ0) is 12.5. The van der Waals surface area contributed by atoms with Gasteiger partial charge in [-0.1, -0.05) is 11.3 Å². The summed E-state index contributed by atoms with van der Waals surface area (Å²) in [6.07, 6.45) is 0.894. The molecule has 1 fully saturated rings. The fourth-order valence-electron chi connectivity index (χ4n) is 1.61. The minimum atomic E-state index is -2.91. The van der Waals surface area contributed by atoms with E-state index in [0.717, 1.165) is 11.3 Å². The number of aromatic nitrogens is 2. The minimum absolute atomic E-state index is 0.115. The average Bonchev–Trinajstić information content (AvgIpc) is 2.68. The topological polar surface area (TPSA) is 115 Å². The lowest BCUT2D eigenvalue weighted by Crippen LogP contribution is -2.40. The second-order valence-electron chi connectivity index (χ2n) is 3.85. The number of sulfone groups is 1. The predicted octanol–water partition coefficient (Wildman–Crippen LogP) is -0.573. The molecule has 7 nitrogen and oxygen atoms in total. The van der Waals surface area contributed by atoms with E-state index in [1.165, 1.54) is 0 Å². The lowest BCUT2D eigenvalue weighted by atomic mass is 10.1. The number of nitrogens with zero attached hydrogens (tertiary/aromatic N) is 2. The standard InChI is InChI=1S/C8H12N4O3S2/c9-8-12-11-7(16-8)6(13)10-5-1-3-17(14,15)4-2-5/h5H,1-4H2,(H2,9,12)(H,10,13). The van der Waals surface area contributed by atoms with Gasteiger partial charge in [0.1, 0.15) is 9.84 Å². The lowest BCUT2D eigenvalue weighted by molar-refractivity contribution is 0.0933. The molecule has 9 heteroatoms. The van der Waals surface area contributed by atoms with Crippen LogP contribution in [0.2, 0.25) is 0 Å². The summed E-state index contributed by atoms with van der Waals surface area (Å²) in [5.41, 5.74) is 5.37. The maximum atomic E-state index is 11.7. The molecule has 0 aliphatic carbocycles. The van der Waals surface area contributed by atoms with Crippen molar-refractivity contribution < 1.29 is 13.2 Å². The van der Waals surface area contributed by atoms with Crippen LogP contribution in [-0.4, -0.2) is 42.1 Å². The van der Waals surface area contributed by atoms with Crippen LogP contribution in [-0.2, 0) is 9.84 Å². The van der Waals surface area contributed by atoms with E-state index in [0.29, 0.717) is 12.8 Å². The number of amides is 1. The maximum Gasteiger partial charge on any atom is 0.282 e.